The van der Waals surface area contributed by atoms with E-state index in [9.17, 15) is 9.59 Å². The molecular weight excluding hydrogens is 298 g/mol. The van der Waals surface area contributed by atoms with Gasteiger partial charge in [0.1, 0.15) is 6.61 Å². The lowest BCUT2D eigenvalue weighted by Gasteiger charge is -2.14. The van der Waals surface area contributed by atoms with Crippen LogP contribution in [0.15, 0.2) is 48.5 Å². The summed E-state index contributed by atoms with van der Waals surface area (Å²) >= 11 is 0. The van der Waals surface area contributed by atoms with Crippen molar-refractivity contribution in [3.8, 4) is 11.1 Å². The van der Waals surface area contributed by atoms with E-state index in [4.69, 9.17) is 9.84 Å². The first-order chi connectivity index (χ1) is 11.2. The topological polar surface area (TPSA) is 84.9 Å². The second kappa shape index (κ2) is 6.50. The predicted octanol–water partition coefficient (Wildman–Crippen LogP) is 2.54. The molecule has 1 aliphatic carbocycles. The van der Waals surface area contributed by atoms with Gasteiger partial charge in [-0.1, -0.05) is 48.5 Å². The fourth-order valence-electron chi connectivity index (χ4n) is 2.78. The summed E-state index contributed by atoms with van der Waals surface area (Å²) in [5.74, 6) is -1.23. The fourth-order valence-corrected chi connectivity index (χ4v) is 2.78. The van der Waals surface area contributed by atoms with Crippen LogP contribution in [0.2, 0.25) is 0 Å². The highest BCUT2D eigenvalue weighted by Gasteiger charge is 2.28. The quantitative estimate of drug-likeness (QED) is 0.829. The smallest absolute Gasteiger partial charge is 0.431 e. The summed E-state index contributed by atoms with van der Waals surface area (Å²) in [5.41, 5.74) is 6.43. The number of rotatable bonds is 5. The standard InChI is InChI=1S/C17H15NO5/c19-16(20)10-23-18-17(21)22-9-15-13-7-3-1-5-11(13)12-6-2-4-8-14(12)15/h1-8,15H,9-10H2,(H,18,21)(H,19,20). The number of hydroxylamine groups is 1. The molecule has 0 bridgehead atoms. The Morgan fingerprint density at radius 1 is 1.00 bits per heavy atom. The minimum absolute atomic E-state index is 0.0485. The molecule has 1 aliphatic rings. The average molecular weight is 313 g/mol. The highest BCUT2D eigenvalue weighted by molar-refractivity contribution is 5.79. The van der Waals surface area contributed by atoms with Crippen LogP contribution in [0.25, 0.3) is 11.1 Å². The number of nitrogens with one attached hydrogen (secondary N) is 1. The molecule has 0 aromatic heterocycles. The molecule has 0 spiro atoms. The van der Waals surface area contributed by atoms with Crippen molar-refractivity contribution in [2.75, 3.05) is 13.2 Å². The molecule has 2 N–H and O–H groups in total. The van der Waals surface area contributed by atoms with Crippen LogP contribution in [0, 0.1) is 0 Å². The molecule has 1 amide bonds. The maximum atomic E-state index is 11.6. The molecule has 0 unspecified atom stereocenters. The first kappa shape index (κ1) is 15.1. The number of hydrogen-bond acceptors (Lipinski definition) is 4. The second-order valence-corrected chi connectivity index (χ2v) is 5.11. The lowest BCUT2D eigenvalue weighted by atomic mass is 9.98. The zero-order valence-corrected chi connectivity index (χ0v) is 12.2. The van der Waals surface area contributed by atoms with Crippen molar-refractivity contribution >= 4 is 12.1 Å². The van der Waals surface area contributed by atoms with Gasteiger partial charge >= 0.3 is 12.1 Å². The van der Waals surface area contributed by atoms with E-state index in [2.05, 4.69) is 4.84 Å². The van der Waals surface area contributed by atoms with Gasteiger partial charge in [-0.15, -0.1) is 0 Å². The molecule has 0 fully saturated rings. The molecule has 0 heterocycles. The van der Waals surface area contributed by atoms with Crippen LogP contribution in [-0.2, 0) is 14.4 Å². The zero-order valence-electron chi connectivity index (χ0n) is 12.2. The number of fused-ring (bicyclic) bond motifs is 3. The van der Waals surface area contributed by atoms with Gasteiger partial charge in [0.05, 0.1) is 0 Å². The average Bonchev–Trinajstić information content (AvgIpc) is 2.87. The Balaban J connectivity index is 1.69. The summed E-state index contributed by atoms with van der Waals surface area (Å²) in [4.78, 5) is 26.3. The van der Waals surface area contributed by atoms with Crippen molar-refractivity contribution in [1.82, 2.24) is 5.48 Å². The number of carbonyl (C=O) groups is 2. The van der Waals surface area contributed by atoms with Gasteiger partial charge in [-0.3, -0.25) is 4.84 Å². The number of hydrogen-bond donors (Lipinski definition) is 2. The summed E-state index contributed by atoms with van der Waals surface area (Å²) in [6.45, 7) is -0.472. The van der Waals surface area contributed by atoms with Crippen molar-refractivity contribution in [3.63, 3.8) is 0 Å². The Labute approximate surface area is 132 Å². The summed E-state index contributed by atoms with van der Waals surface area (Å²) in [6.07, 6.45) is -0.812. The Morgan fingerprint density at radius 2 is 1.57 bits per heavy atom. The summed E-state index contributed by atoms with van der Waals surface area (Å²) in [7, 11) is 0. The van der Waals surface area contributed by atoms with E-state index < -0.39 is 18.7 Å². The molecule has 0 atom stereocenters. The molecule has 3 rings (SSSR count). The maximum absolute atomic E-state index is 11.6. The first-order valence-electron chi connectivity index (χ1n) is 7.11. The Bertz CT molecular complexity index is 698. The van der Waals surface area contributed by atoms with Gasteiger partial charge in [0, 0.05) is 5.92 Å². The number of benzene rings is 2. The third kappa shape index (κ3) is 3.17. The molecule has 23 heavy (non-hydrogen) atoms. The summed E-state index contributed by atoms with van der Waals surface area (Å²) in [5, 5.41) is 8.43. The second-order valence-electron chi connectivity index (χ2n) is 5.11. The van der Waals surface area contributed by atoms with Gasteiger partial charge in [-0.05, 0) is 22.3 Å². The van der Waals surface area contributed by atoms with Crippen LogP contribution in [0.5, 0.6) is 0 Å². The van der Waals surface area contributed by atoms with Crippen molar-refractivity contribution in [1.29, 1.82) is 0 Å². The van der Waals surface area contributed by atoms with Crippen LogP contribution in [0.1, 0.15) is 17.0 Å². The highest BCUT2D eigenvalue weighted by atomic mass is 16.7. The van der Waals surface area contributed by atoms with Gasteiger partial charge < -0.3 is 9.84 Å². The molecule has 0 saturated heterocycles. The number of amides is 1. The molecule has 2 aromatic carbocycles. The number of aliphatic carboxylic acids is 1. The first-order valence-corrected chi connectivity index (χ1v) is 7.11. The third-order valence-corrected chi connectivity index (χ3v) is 3.69. The van der Waals surface area contributed by atoms with Gasteiger partial charge in [0.25, 0.3) is 0 Å². The minimum atomic E-state index is -1.18. The van der Waals surface area contributed by atoms with Gasteiger partial charge in [0.2, 0.25) is 0 Å². The Hall–Kier alpha value is -2.86. The SMILES string of the molecule is O=C(O)CONC(=O)OCC1c2ccccc2-c2ccccc21. The number of carboxylic acids is 1. The van der Waals surface area contributed by atoms with Crippen molar-refractivity contribution < 1.29 is 24.3 Å². The van der Waals surface area contributed by atoms with Crippen LogP contribution < -0.4 is 5.48 Å². The summed E-state index contributed by atoms with van der Waals surface area (Å²) < 4.78 is 5.15. The Kier molecular flexibility index (Phi) is 4.25. The van der Waals surface area contributed by atoms with Crippen LogP contribution in [0.3, 0.4) is 0 Å². The fraction of sp³-hybridized carbons (Fsp3) is 0.176. The van der Waals surface area contributed by atoms with Gasteiger partial charge in [0.15, 0.2) is 6.61 Å². The molecule has 6 nitrogen and oxygen atoms in total. The number of ether oxygens (including phenoxy) is 1. The van der Waals surface area contributed by atoms with Gasteiger partial charge in [-0.2, -0.15) is 5.48 Å². The maximum Gasteiger partial charge on any atom is 0.431 e. The van der Waals surface area contributed by atoms with E-state index in [1.54, 1.807) is 0 Å². The molecule has 2 aromatic rings. The van der Waals surface area contributed by atoms with E-state index in [0.29, 0.717) is 0 Å². The van der Waals surface area contributed by atoms with E-state index in [0.717, 1.165) is 22.3 Å². The summed E-state index contributed by atoms with van der Waals surface area (Å²) in [6, 6.07) is 16.0. The monoisotopic (exact) mass is 313 g/mol. The zero-order chi connectivity index (χ0) is 16.2. The number of carboxylic acid groups (broad SMARTS) is 1. The van der Waals surface area contributed by atoms with Crippen molar-refractivity contribution in [2.45, 2.75) is 5.92 Å². The van der Waals surface area contributed by atoms with E-state index >= 15 is 0 Å². The minimum Gasteiger partial charge on any atom is -0.479 e. The molecule has 0 aliphatic heterocycles. The largest absolute Gasteiger partial charge is 0.479 e. The van der Waals surface area contributed by atoms with Crippen LogP contribution in [0.4, 0.5) is 4.79 Å². The number of carbonyl (C=O) groups excluding carboxylic acids is 1. The molecular formula is C17H15NO5. The highest BCUT2D eigenvalue weighted by Crippen LogP contribution is 2.44. The normalized spacial score (nSPS) is 12.3. The van der Waals surface area contributed by atoms with Crippen molar-refractivity contribution in [2.24, 2.45) is 0 Å². The third-order valence-electron chi connectivity index (χ3n) is 3.69. The van der Waals surface area contributed by atoms with E-state index in [1.165, 1.54) is 0 Å². The van der Waals surface area contributed by atoms with Crippen molar-refractivity contribution in [3.05, 3.63) is 59.7 Å². The molecule has 0 saturated carbocycles. The van der Waals surface area contributed by atoms with Gasteiger partial charge in [-0.25, -0.2) is 9.59 Å². The van der Waals surface area contributed by atoms with Crippen LogP contribution >= 0.6 is 0 Å². The molecule has 0 radical (unpaired) electrons. The van der Waals surface area contributed by atoms with Crippen LogP contribution in [-0.4, -0.2) is 30.4 Å². The van der Waals surface area contributed by atoms with E-state index in [-0.39, 0.29) is 12.5 Å². The van der Waals surface area contributed by atoms with E-state index in [1.807, 2.05) is 54.0 Å². The molecule has 118 valence electrons. The Morgan fingerprint density at radius 3 is 2.13 bits per heavy atom. The predicted molar refractivity (Wildman–Crippen MR) is 81.8 cm³/mol. The molecule has 6 heteroatoms. The lowest BCUT2D eigenvalue weighted by Crippen LogP contribution is -2.28. The lowest BCUT2D eigenvalue weighted by molar-refractivity contribution is -0.144.